The maximum atomic E-state index is 11.9. The molecule has 4 N–H and O–H groups in total. The second kappa shape index (κ2) is 5.72. The van der Waals surface area contributed by atoms with Crippen molar-refractivity contribution in [2.45, 2.75) is 31.7 Å². The molecular formula is C12H15N3O5. The standard InChI is InChI=1S/C12H15N3O5/c16-9-5-8(14-12(20)15-9)10(17)13-7-3-1-6(2-4-7)11(18)19/h5-7H,1-4H2,(H,13,17)(H,18,19)(H2,14,15,16,20). The summed E-state index contributed by atoms with van der Waals surface area (Å²) >= 11 is 0. The minimum absolute atomic E-state index is 0.0980. The third-order valence-electron chi connectivity index (χ3n) is 3.42. The summed E-state index contributed by atoms with van der Waals surface area (Å²) in [7, 11) is 0. The lowest BCUT2D eigenvalue weighted by atomic mass is 9.86. The van der Waals surface area contributed by atoms with Crippen LogP contribution in [0.2, 0.25) is 0 Å². The number of aromatic nitrogens is 2. The zero-order chi connectivity index (χ0) is 14.7. The maximum absolute atomic E-state index is 11.9. The van der Waals surface area contributed by atoms with Crippen molar-refractivity contribution in [3.63, 3.8) is 0 Å². The highest BCUT2D eigenvalue weighted by atomic mass is 16.4. The highest BCUT2D eigenvalue weighted by Gasteiger charge is 2.27. The first-order valence-electron chi connectivity index (χ1n) is 6.33. The van der Waals surface area contributed by atoms with Gasteiger partial charge in [-0.25, -0.2) is 4.79 Å². The number of amides is 1. The van der Waals surface area contributed by atoms with Gasteiger partial charge >= 0.3 is 11.7 Å². The Morgan fingerprint density at radius 1 is 1.15 bits per heavy atom. The lowest BCUT2D eigenvalue weighted by Gasteiger charge is -2.26. The first-order valence-corrected chi connectivity index (χ1v) is 6.33. The van der Waals surface area contributed by atoms with E-state index in [2.05, 4.69) is 10.3 Å². The van der Waals surface area contributed by atoms with Gasteiger partial charge in [-0.05, 0) is 25.7 Å². The molecule has 1 aromatic heterocycles. The largest absolute Gasteiger partial charge is 0.481 e. The first-order chi connectivity index (χ1) is 9.45. The highest BCUT2D eigenvalue weighted by molar-refractivity contribution is 5.92. The molecule has 1 aromatic rings. The van der Waals surface area contributed by atoms with Gasteiger partial charge in [0.05, 0.1) is 5.92 Å². The molecule has 1 amide bonds. The molecule has 8 nitrogen and oxygen atoms in total. The van der Waals surface area contributed by atoms with Crippen LogP contribution in [0.3, 0.4) is 0 Å². The van der Waals surface area contributed by atoms with E-state index in [1.807, 2.05) is 4.98 Å². The molecule has 0 aromatic carbocycles. The number of hydrogen-bond donors (Lipinski definition) is 4. The van der Waals surface area contributed by atoms with E-state index in [1.54, 1.807) is 0 Å². The predicted molar refractivity (Wildman–Crippen MR) is 68.5 cm³/mol. The van der Waals surface area contributed by atoms with Crippen LogP contribution in [-0.4, -0.2) is 33.0 Å². The molecule has 0 atom stereocenters. The summed E-state index contributed by atoms with van der Waals surface area (Å²) in [5.74, 6) is -1.71. The molecule has 20 heavy (non-hydrogen) atoms. The summed E-state index contributed by atoms with van der Waals surface area (Å²) < 4.78 is 0. The fourth-order valence-corrected chi connectivity index (χ4v) is 2.34. The fraction of sp³-hybridized carbons (Fsp3) is 0.500. The quantitative estimate of drug-likeness (QED) is 0.589. The zero-order valence-corrected chi connectivity index (χ0v) is 10.6. The van der Waals surface area contributed by atoms with Crippen LogP contribution in [0.1, 0.15) is 36.2 Å². The SMILES string of the molecule is O=C(NC1CCC(C(=O)O)CC1)c1cc(=O)[nH]c(=O)[nH]1. The van der Waals surface area contributed by atoms with Gasteiger partial charge in [0, 0.05) is 12.1 Å². The lowest BCUT2D eigenvalue weighted by molar-refractivity contribution is -0.142. The van der Waals surface area contributed by atoms with E-state index in [1.165, 1.54) is 0 Å². The number of H-pyrrole nitrogens is 2. The molecule has 0 aliphatic heterocycles. The number of carboxylic acids is 1. The number of carboxylic acid groups (broad SMARTS) is 1. The Hall–Kier alpha value is -2.38. The number of hydrogen-bond acceptors (Lipinski definition) is 4. The van der Waals surface area contributed by atoms with Gasteiger partial charge in [0.15, 0.2) is 0 Å². The van der Waals surface area contributed by atoms with E-state index in [4.69, 9.17) is 5.11 Å². The van der Waals surface area contributed by atoms with Crippen LogP contribution >= 0.6 is 0 Å². The summed E-state index contributed by atoms with van der Waals surface area (Å²) in [6.07, 6.45) is 2.14. The van der Waals surface area contributed by atoms with Gasteiger partial charge in [0.1, 0.15) is 5.69 Å². The van der Waals surface area contributed by atoms with Crippen molar-refractivity contribution in [2.24, 2.45) is 5.92 Å². The van der Waals surface area contributed by atoms with Gasteiger partial charge in [0.2, 0.25) is 0 Å². The van der Waals surface area contributed by atoms with E-state index >= 15 is 0 Å². The predicted octanol–water partition coefficient (Wildman–Crippen LogP) is -0.564. The number of carbonyl (C=O) groups is 2. The second-order valence-electron chi connectivity index (χ2n) is 4.86. The van der Waals surface area contributed by atoms with Crippen molar-refractivity contribution in [3.8, 4) is 0 Å². The molecule has 1 saturated carbocycles. The number of aliphatic carboxylic acids is 1. The molecule has 1 aliphatic rings. The van der Waals surface area contributed by atoms with Gasteiger partial charge in [-0.2, -0.15) is 0 Å². The van der Waals surface area contributed by atoms with Crippen LogP contribution in [0, 0.1) is 5.92 Å². The van der Waals surface area contributed by atoms with Crippen LogP contribution in [0.15, 0.2) is 15.7 Å². The average Bonchev–Trinajstić information content (AvgIpc) is 2.38. The molecular weight excluding hydrogens is 266 g/mol. The Morgan fingerprint density at radius 3 is 2.35 bits per heavy atom. The third kappa shape index (κ3) is 3.34. The smallest absolute Gasteiger partial charge is 0.326 e. The van der Waals surface area contributed by atoms with Gasteiger partial charge in [-0.1, -0.05) is 0 Å². The Labute approximate surface area is 113 Å². The van der Waals surface area contributed by atoms with Crippen LogP contribution in [0.5, 0.6) is 0 Å². The normalized spacial score (nSPS) is 22.2. The van der Waals surface area contributed by atoms with E-state index < -0.39 is 23.1 Å². The molecule has 108 valence electrons. The Bertz CT molecular complexity index is 596. The minimum Gasteiger partial charge on any atom is -0.481 e. The zero-order valence-electron chi connectivity index (χ0n) is 10.6. The van der Waals surface area contributed by atoms with Gasteiger partial charge < -0.3 is 15.4 Å². The molecule has 2 rings (SSSR count). The van der Waals surface area contributed by atoms with Gasteiger partial charge in [-0.3, -0.25) is 19.4 Å². The average molecular weight is 281 g/mol. The van der Waals surface area contributed by atoms with E-state index in [-0.39, 0.29) is 17.7 Å². The Kier molecular flexibility index (Phi) is 4.02. The molecule has 0 spiro atoms. The molecule has 1 fully saturated rings. The van der Waals surface area contributed by atoms with Crippen molar-refractivity contribution in [1.29, 1.82) is 0 Å². The summed E-state index contributed by atoms with van der Waals surface area (Å²) in [5, 5.41) is 11.6. The number of carbonyl (C=O) groups excluding carboxylic acids is 1. The van der Waals surface area contributed by atoms with Gasteiger partial charge in [0.25, 0.3) is 11.5 Å². The fourth-order valence-electron chi connectivity index (χ4n) is 2.34. The third-order valence-corrected chi connectivity index (χ3v) is 3.42. The molecule has 0 radical (unpaired) electrons. The van der Waals surface area contributed by atoms with Crippen LogP contribution in [-0.2, 0) is 4.79 Å². The van der Waals surface area contributed by atoms with Crippen LogP contribution < -0.4 is 16.6 Å². The van der Waals surface area contributed by atoms with Crippen molar-refractivity contribution < 1.29 is 14.7 Å². The molecule has 0 bridgehead atoms. The number of rotatable bonds is 3. The van der Waals surface area contributed by atoms with Crippen molar-refractivity contribution >= 4 is 11.9 Å². The van der Waals surface area contributed by atoms with Crippen LogP contribution in [0.4, 0.5) is 0 Å². The van der Waals surface area contributed by atoms with E-state index in [0.717, 1.165) is 6.07 Å². The number of aromatic amines is 2. The summed E-state index contributed by atoms with van der Waals surface area (Å²) in [6.45, 7) is 0. The van der Waals surface area contributed by atoms with Crippen LogP contribution in [0.25, 0.3) is 0 Å². The molecule has 8 heteroatoms. The topological polar surface area (TPSA) is 132 Å². The summed E-state index contributed by atoms with van der Waals surface area (Å²) in [4.78, 5) is 49.1. The second-order valence-corrected chi connectivity index (χ2v) is 4.86. The Morgan fingerprint density at radius 2 is 1.80 bits per heavy atom. The van der Waals surface area contributed by atoms with Crippen molar-refractivity contribution in [3.05, 3.63) is 32.6 Å². The van der Waals surface area contributed by atoms with Gasteiger partial charge in [-0.15, -0.1) is 0 Å². The minimum atomic E-state index is -0.811. The molecule has 1 aliphatic carbocycles. The molecule has 0 saturated heterocycles. The molecule has 1 heterocycles. The van der Waals surface area contributed by atoms with E-state index in [0.29, 0.717) is 25.7 Å². The van der Waals surface area contributed by atoms with E-state index in [9.17, 15) is 19.2 Å². The van der Waals surface area contributed by atoms with Crippen molar-refractivity contribution in [1.82, 2.24) is 15.3 Å². The Balaban J connectivity index is 1.97. The lowest BCUT2D eigenvalue weighted by Crippen LogP contribution is -2.40. The first kappa shape index (κ1) is 14.0. The maximum Gasteiger partial charge on any atom is 0.326 e. The summed E-state index contributed by atoms with van der Waals surface area (Å²) in [5.41, 5.74) is -1.48. The molecule has 0 unspecified atom stereocenters. The number of nitrogens with one attached hydrogen (secondary N) is 3. The van der Waals surface area contributed by atoms with Crippen molar-refractivity contribution in [2.75, 3.05) is 0 Å². The summed E-state index contributed by atoms with van der Waals surface area (Å²) in [6, 6.07) is 0.875. The monoisotopic (exact) mass is 281 g/mol. The highest BCUT2D eigenvalue weighted by Crippen LogP contribution is 2.24.